The van der Waals surface area contributed by atoms with E-state index in [2.05, 4.69) is 28.3 Å². The molecule has 2 N–H and O–H groups in total. The maximum Gasteiger partial charge on any atom is 0.191 e. The van der Waals surface area contributed by atoms with Crippen LogP contribution in [0, 0.1) is 0 Å². The zero-order valence-electron chi connectivity index (χ0n) is 6.64. The van der Waals surface area contributed by atoms with E-state index in [0.29, 0.717) is 0 Å². The minimum atomic E-state index is 0.912. The Morgan fingerprint density at radius 1 is 1.55 bits per heavy atom. The summed E-state index contributed by atoms with van der Waals surface area (Å²) < 4.78 is 0. The maximum atomic E-state index is 4.21. The third-order valence-corrected chi connectivity index (χ3v) is 1.87. The molecule has 3 nitrogen and oxygen atoms in total. The van der Waals surface area contributed by atoms with Crippen LogP contribution in [0.15, 0.2) is 4.99 Å². The maximum absolute atomic E-state index is 4.21. The molecule has 64 valence electrons. The van der Waals surface area contributed by atoms with Crippen LogP contribution in [0.4, 0.5) is 0 Å². The first-order valence-electron chi connectivity index (χ1n) is 4.06. The van der Waals surface area contributed by atoms with Gasteiger partial charge in [-0.3, -0.25) is 4.99 Å². The first kappa shape index (κ1) is 8.71. The first-order valence-corrected chi connectivity index (χ1v) is 4.70. The highest BCUT2D eigenvalue weighted by Crippen LogP contribution is 1.89. The summed E-state index contributed by atoms with van der Waals surface area (Å²) in [5, 5.41) is 6.37. The number of thiol groups is 1. The van der Waals surface area contributed by atoms with Crippen LogP contribution >= 0.6 is 12.6 Å². The van der Waals surface area contributed by atoms with Gasteiger partial charge < -0.3 is 10.6 Å². The normalized spacial score (nSPS) is 15.9. The van der Waals surface area contributed by atoms with E-state index in [1.807, 2.05) is 0 Å². The summed E-state index contributed by atoms with van der Waals surface area (Å²) in [6, 6.07) is 0. The predicted octanol–water partition coefficient (Wildman–Crippen LogP) is 0.245. The standard InChI is InChI=1S/C7H15N3S/c11-6-2-1-3-8-7-9-4-5-10-7/h11H,1-6H2,(H2,8,9,10). The summed E-state index contributed by atoms with van der Waals surface area (Å²) >= 11 is 4.13. The summed E-state index contributed by atoms with van der Waals surface area (Å²) in [6.45, 7) is 2.90. The van der Waals surface area contributed by atoms with E-state index < -0.39 is 0 Å². The van der Waals surface area contributed by atoms with E-state index in [-0.39, 0.29) is 0 Å². The van der Waals surface area contributed by atoms with Crippen molar-refractivity contribution >= 4 is 18.6 Å². The molecular weight excluding hydrogens is 158 g/mol. The molecule has 0 bridgehead atoms. The number of rotatable bonds is 4. The molecule has 0 aliphatic carbocycles. The molecule has 0 amide bonds. The molecule has 0 saturated heterocycles. The largest absolute Gasteiger partial charge is 0.356 e. The Kier molecular flexibility index (Phi) is 4.19. The molecule has 0 aromatic heterocycles. The Balaban J connectivity index is 1.94. The fourth-order valence-corrected chi connectivity index (χ4v) is 1.18. The van der Waals surface area contributed by atoms with Crippen LogP contribution < -0.4 is 10.6 Å². The smallest absolute Gasteiger partial charge is 0.191 e. The molecule has 0 aromatic rings. The van der Waals surface area contributed by atoms with Crippen molar-refractivity contribution in [1.29, 1.82) is 0 Å². The van der Waals surface area contributed by atoms with Gasteiger partial charge in [0.2, 0.25) is 0 Å². The molecule has 1 aliphatic heterocycles. The van der Waals surface area contributed by atoms with Gasteiger partial charge in [0.05, 0.1) is 6.54 Å². The summed E-state index contributed by atoms with van der Waals surface area (Å²) in [5.41, 5.74) is 0. The summed E-state index contributed by atoms with van der Waals surface area (Å²) in [5.74, 6) is 1.94. The first-order chi connectivity index (χ1) is 5.43. The minimum Gasteiger partial charge on any atom is -0.356 e. The Morgan fingerprint density at radius 3 is 3.09 bits per heavy atom. The third-order valence-electron chi connectivity index (χ3n) is 1.55. The second-order valence-corrected chi connectivity index (χ2v) is 2.96. The second-order valence-electron chi connectivity index (χ2n) is 2.51. The molecule has 0 fully saturated rings. The molecule has 0 spiro atoms. The van der Waals surface area contributed by atoms with Gasteiger partial charge in [-0.2, -0.15) is 12.6 Å². The average molecular weight is 173 g/mol. The monoisotopic (exact) mass is 173 g/mol. The van der Waals surface area contributed by atoms with Gasteiger partial charge in [0.1, 0.15) is 0 Å². The number of nitrogens with zero attached hydrogens (tertiary/aromatic N) is 1. The number of hydrogen-bond donors (Lipinski definition) is 3. The SMILES string of the molecule is SCCCCNC1=NCCN1. The van der Waals surface area contributed by atoms with Crippen molar-refractivity contribution in [3.05, 3.63) is 0 Å². The molecule has 11 heavy (non-hydrogen) atoms. The third kappa shape index (κ3) is 3.51. The molecule has 1 heterocycles. The highest BCUT2D eigenvalue weighted by Gasteiger charge is 2.01. The summed E-state index contributed by atoms with van der Waals surface area (Å²) in [6.07, 6.45) is 2.34. The Hall–Kier alpha value is -0.380. The number of unbranched alkanes of at least 4 members (excludes halogenated alkanes) is 1. The fraction of sp³-hybridized carbons (Fsp3) is 0.857. The number of nitrogens with one attached hydrogen (secondary N) is 2. The zero-order chi connectivity index (χ0) is 7.94. The van der Waals surface area contributed by atoms with Crippen molar-refractivity contribution in [2.24, 2.45) is 4.99 Å². The lowest BCUT2D eigenvalue weighted by molar-refractivity contribution is 0.750. The van der Waals surface area contributed by atoms with E-state index in [0.717, 1.165) is 31.3 Å². The van der Waals surface area contributed by atoms with E-state index in [1.165, 1.54) is 12.8 Å². The molecule has 1 rings (SSSR count). The van der Waals surface area contributed by atoms with Crippen LogP contribution in [-0.4, -0.2) is 31.3 Å². The van der Waals surface area contributed by atoms with Gasteiger partial charge in [0.25, 0.3) is 0 Å². The van der Waals surface area contributed by atoms with Gasteiger partial charge in [-0.05, 0) is 18.6 Å². The number of aliphatic imine (C=N–C) groups is 1. The van der Waals surface area contributed by atoms with Crippen molar-refractivity contribution in [1.82, 2.24) is 10.6 Å². The second kappa shape index (κ2) is 5.29. The van der Waals surface area contributed by atoms with Gasteiger partial charge in [-0.25, -0.2) is 0 Å². The van der Waals surface area contributed by atoms with Crippen LogP contribution in [0.2, 0.25) is 0 Å². The van der Waals surface area contributed by atoms with Gasteiger partial charge in [0, 0.05) is 13.1 Å². The summed E-state index contributed by atoms with van der Waals surface area (Å²) in [7, 11) is 0. The lowest BCUT2D eigenvalue weighted by Gasteiger charge is -2.04. The van der Waals surface area contributed by atoms with Crippen molar-refractivity contribution in [3.63, 3.8) is 0 Å². The fourth-order valence-electron chi connectivity index (χ4n) is 0.960. The lowest BCUT2D eigenvalue weighted by Crippen LogP contribution is -2.34. The lowest BCUT2D eigenvalue weighted by atomic mass is 10.3. The van der Waals surface area contributed by atoms with E-state index in [1.54, 1.807) is 0 Å². The molecule has 0 saturated carbocycles. The molecule has 0 aromatic carbocycles. The number of hydrogen-bond acceptors (Lipinski definition) is 4. The van der Waals surface area contributed by atoms with E-state index >= 15 is 0 Å². The van der Waals surface area contributed by atoms with E-state index in [9.17, 15) is 0 Å². The Bertz CT molecular complexity index is 136. The van der Waals surface area contributed by atoms with Gasteiger partial charge in [0.15, 0.2) is 5.96 Å². The molecule has 1 aliphatic rings. The molecular formula is C7H15N3S. The van der Waals surface area contributed by atoms with Gasteiger partial charge in [-0.1, -0.05) is 0 Å². The van der Waals surface area contributed by atoms with Crippen LogP contribution in [-0.2, 0) is 0 Å². The zero-order valence-corrected chi connectivity index (χ0v) is 7.53. The topological polar surface area (TPSA) is 36.4 Å². The quantitative estimate of drug-likeness (QED) is 0.421. The van der Waals surface area contributed by atoms with Crippen molar-refractivity contribution in [2.45, 2.75) is 12.8 Å². The molecule has 0 unspecified atom stereocenters. The predicted molar refractivity (Wildman–Crippen MR) is 51.4 cm³/mol. The highest BCUT2D eigenvalue weighted by atomic mass is 32.1. The Labute approximate surface area is 73.1 Å². The van der Waals surface area contributed by atoms with Crippen LogP contribution in [0.3, 0.4) is 0 Å². The van der Waals surface area contributed by atoms with Crippen molar-refractivity contribution in [3.8, 4) is 0 Å². The Morgan fingerprint density at radius 2 is 2.45 bits per heavy atom. The van der Waals surface area contributed by atoms with Gasteiger partial charge in [-0.15, -0.1) is 0 Å². The average Bonchev–Trinajstić information content (AvgIpc) is 2.50. The highest BCUT2D eigenvalue weighted by molar-refractivity contribution is 7.80. The molecule has 0 atom stereocenters. The van der Waals surface area contributed by atoms with Crippen LogP contribution in [0.1, 0.15) is 12.8 Å². The minimum absolute atomic E-state index is 0.912. The van der Waals surface area contributed by atoms with Gasteiger partial charge >= 0.3 is 0 Å². The van der Waals surface area contributed by atoms with Crippen molar-refractivity contribution < 1.29 is 0 Å². The summed E-state index contributed by atoms with van der Waals surface area (Å²) in [4.78, 5) is 4.21. The number of guanidine groups is 1. The van der Waals surface area contributed by atoms with E-state index in [4.69, 9.17) is 0 Å². The molecule has 4 heteroatoms. The van der Waals surface area contributed by atoms with Crippen LogP contribution in [0.25, 0.3) is 0 Å². The molecule has 0 radical (unpaired) electrons. The van der Waals surface area contributed by atoms with Crippen LogP contribution in [0.5, 0.6) is 0 Å². The van der Waals surface area contributed by atoms with Crippen molar-refractivity contribution in [2.75, 3.05) is 25.4 Å².